The molecule has 1 saturated heterocycles. The minimum atomic E-state index is -0.792. The summed E-state index contributed by atoms with van der Waals surface area (Å²) in [5.74, 6) is -0.414. The maximum atomic E-state index is 8.22. The van der Waals surface area contributed by atoms with E-state index in [4.69, 9.17) is 9.47 Å². The molecule has 0 unspecified atom stereocenters. The zero-order valence-electron chi connectivity index (χ0n) is 36.9. The Bertz CT molecular complexity index is 2010. The van der Waals surface area contributed by atoms with Crippen LogP contribution in [0, 0.1) is 39.5 Å². The van der Waals surface area contributed by atoms with Crippen molar-refractivity contribution >= 4 is 0 Å². The van der Waals surface area contributed by atoms with Crippen molar-refractivity contribution in [2.24, 2.45) is 11.8 Å². The topological polar surface area (TPSA) is 18.5 Å². The van der Waals surface area contributed by atoms with Crippen molar-refractivity contribution in [2.75, 3.05) is 14.1 Å². The first-order valence-electron chi connectivity index (χ1n) is 22.3. The van der Waals surface area contributed by atoms with E-state index >= 15 is 0 Å². The Morgan fingerprint density at radius 3 is 0.967 bits per heavy atom. The summed E-state index contributed by atoms with van der Waals surface area (Å²) in [6, 6.07) is 58.9. The van der Waals surface area contributed by atoms with Crippen LogP contribution in [0.5, 0.6) is 0 Å². The van der Waals surface area contributed by atoms with Gasteiger partial charge in [-0.2, -0.15) is 0 Å². The molecule has 0 radical (unpaired) electrons. The SMILES string of the molecule is Cc1ccc(C[N+](C)(Cc2ccc(C)cc2)[C@H]2OC3(O[C@@H]2[N+](C)(Cc2ccc(C)cc2)Cc2ccc(C)cc2)[C@@H](Cc2ccccc2)CCC[C@@H]3Cc2ccccc2)cc1. The first kappa shape index (κ1) is 41.9. The van der Waals surface area contributed by atoms with Gasteiger partial charge in [-0.25, -0.2) is 0 Å². The molecule has 60 heavy (non-hydrogen) atoms. The summed E-state index contributed by atoms with van der Waals surface area (Å²) in [4.78, 5) is 0. The standard InChI is InChI=1S/C56H66N2O2/c1-42-20-28-48(29-21-42)38-57(5,39-49-30-22-43(2)23-31-49)54-55(58(6,40-50-32-24-44(3)25-33-50)41-51-34-26-45(4)27-35-51)60-56(59-54)52(36-46-14-9-7-10-15-46)18-13-19-53(56)37-47-16-11-8-12-17-47/h7-12,14-17,20-35,52-55H,13,18-19,36-41H2,1-6H3/q+2/t52-,53-,54+,55+/m1/s1. The lowest BCUT2D eigenvalue weighted by Crippen LogP contribution is -2.64. The van der Waals surface area contributed by atoms with Crippen LogP contribution in [0.2, 0.25) is 0 Å². The lowest BCUT2D eigenvalue weighted by Gasteiger charge is -2.46. The number of rotatable bonds is 14. The normalized spacial score (nSPS) is 20.4. The summed E-state index contributed by atoms with van der Waals surface area (Å²) in [5, 5.41) is 0. The molecule has 2 aliphatic rings. The van der Waals surface area contributed by atoms with Gasteiger partial charge in [0.15, 0.2) is 5.79 Å². The molecule has 4 nitrogen and oxygen atoms in total. The Labute approximate surface area is 360 Å². The Morgan fingerprint density at radius 1 is 0.400 bits per heavy atom. The van der Waals surface area contributed by atoms with Gasteiger partial charge in [0.2, 0.25) is 0 Å². The fraction of sp³-hybridized carbons (Fsp3) is 0.357. The predicted octanol–water partition coefficient (Wildman–Crippen LogP) is 12.2. The van der Waals surface area contributed by atoms with Gasteiger partial charge in [0.1, 0.15) is 26.2 Å². The number of likely N-dealkylation sites (N-methyl/N-ethyl adjacent to an activating group) is 2. The molecule has 0 bridgehead atoms. The third-order valence-corrected chi connectivity index (χ3v) is 13.6. The summed E-state index contributed by atoms with van der Waals surface area (Å²) >= 11 is 0. The van der Waals surface area contributed by atoms with Crippen molar-refractivity contribution in [2.45, 2.75) is 104 Å². The average molecular weight is 799 g/mol. The van der Waals surface area contributed by atoms with E-state index in [9.17, 15) is 0 Å². The van der Waals surface area contributed by atoms with E-state index in [-0.39, 0.29) is 24.3 Å². The van der Waals surface area contributed by atoms with Crippen molar-refractivity contribution in [1.29, 1.82) is 0 Å². The van der Waals surface area contributed by atoms with Crippen LogP contribution >= 0.6 is 0 Å². The van der Waals surface area contributed by atoms with E-state index in [0.717, 1.165) is 58.3 Å². The lowest BCUT2D eigenvalue weighted by molar-refractivity contribution is -1.04. The summed E-state index contributed by atoms with van der Waals surface area (Å²) in [6.07, 6.45) is 4.59. The van der Waals surface area contributed by atoms with Gasteiger partial charge in [-0.3, -0.25) is 18.4 Å². The van der Waals surface area contributed by atoms with E-state index < -0.39 is 5.79 Å². The molecule has 310 valence electrons. The quantitative estimate of drug-likeness (QED) is 0.102. The van der Waals surface area contributed by atoms with Crippen molar-refractivity contribution in [3.05, 3.63) is 213 Å². The third kappa shape index (κ3) is 9.54. The van der Waals surface area contributed by atoms with E-state index in [2.05, 4.69) is 200 Å². The van der Waals surface area contributed by atoms with Gasteiger partial charge < -0.3 is 0 Å². The molecule has 6 aromatic carbocycles. The smallest absolute Gasteiger partial charge is 0.277 e. The number of aryl methyl sites for hydroxylation is 4. The van der Waals surface area contributed by atoms with Crippen LogP contribution < -0.4 is 0 Å². The molecule has 4 atom stereocenters. The Hall–Kier alpha value is -4.84. The lowest BCUT2D eigenvalue weighted by atomic mass is 9.71. The second-order valence-corrected chi connectivity index (χ2v) is 19.0. The molecule has 4 heteroatoms. The van der Waals surface area contributed by atoms with Crippen molar-refractivity contribution in [1.82, 2.24) is 0 Å². The highest BCUT2D eigenvalue weighted by atomic mass is 16.8. The predicted molar refractivity (Wildman–Crippen MR) is 246 cm³/mol. The summed E-state index contributed by atoms with van der Waals surface area (Å²) in [6.45, 7) is 12.0. The van der Waals surface area contributed by atoms with Gasteiger partial charge >= 0.3 is 0 Å². The Balaban J connectivity index is 1.32. The number of ether oxygens (including phenoxy) is 2. The van der Waals surface area contributed by atoms with Crippen LogP contribution in [0.15, 0.2) is 158 Å². The molecule has 1 saturated carbocycles. The molecule has 8 rings (SSSR count). The van der Waals surface area contributed by atoms with Crippen molar-refractivity contribution in [3.63, 3.8) is 0 Å². The summed E-state index contributed by atoms with van der Waals surface area (Å²) in [5.41, 5.74) is 13.1. The van der Waals surface area contributed by atoms with Crippen LogP contribution in [0.1, 0.15) is 74.9 Å². The van der Waals surface area contributed by atoms with E-state index in [1.807, 2.05) is 0 Å². The zero-order chi connectivity index (χ0) is 41.7. The first-order valence-corrected chi connectivity index (χ1v) is 22.3. The molecule has 1 heterocycles. The summed E-state index contributed by atoms with van der Waals surface area (Å²) < 4.78 is 17.8. The molecule has 2 fully saturated rings. The molecular formula is C56H66N2O2+2. The molecule has 6 aromatic rings. The highest BCUT2D eigenvalue weighted by Gasteiger charge is 2.67. The number of hydrogen-bond acceptors (Lipinski definition) is 2. The number of benzene rings is 6. The molecule has 0 amide bonds. The van der Waals surface area contributed by atoms with Gasteiger partial charge in [-0.1, -0.05) is 186 Å². The van der Waals surface area contributed by atoms with Crippen LogP contribution in [-0.4, -0.2) is 41.3 Å². The van der Waals surface area contributed by atoms with Crippen LogP contribution in [0.4, 0.5) is 0 Å². The van der Waals surface area contributed by atoms with Crippen molar-refractivity contribution in [3.8, 4) is 0 Å². The van der Waals surface area contributed by atoms with E-state index in [1.165, 1.54) is 55.6 Å². The zero-order valence-corrected chi connectivity index (χ0v) is 36.9. The second-order valence-electron chi connectivity index (χ2n) is 19.0. The molecule has 1 spiro atoms. The number of quaternary nitrogens is 2. The minimum absolute atomic E-state index is 0.189. The largest absolute Gasteiger partial charge is 0.289 e. The maximum Gasteiger partial charge on any atom is 0.277 e. The molecule has 1 aliphatic heterocycles. The highest BCUT2D eigenvalue weighted by molar-refractivity contribution is 5.25. The first-order chi connectivity index (χ1) is 29.0. The molecule has 0 aromatic heterocycles. The average Bonchev–Trinajstić information content (AvgIpc) is 3.67. The molecule has 0 N–H and O–H groups in total. The second kappa shape index (κ2) is 18.0. The van der Waals surface area contributed by atoms with Gasteiger partial charge in [-0.15, -0.1) is 0 Å². The number of hydrogen-bond donors (Lipinski definition) is 0. The van der Waals surface area contributed by atoms with Gasteiger partial charge in [0, 0.05) is 34.1 Å². The van der Waals surface area contributed by atoms with Crippen molar-refractivity contribution < 1.29 is 18.4 Å². The Kier molecular flexibility index (Phi) is 12.6. The van der Waals surface area contributed by atoms with E-state index in [0.29, 0.717) is 8.97 Å². The Morgan fingerprint density at radius 2 is 0.683 bits per heavy atom. The van der Waals surface area contributed by atoms with Crippen LogP contribution in [0.3, 0.4) is 0 Å². The molecule has 1 aliphatic carbocycles. The minimum Gasteiger partial charge on any atom is -0.289 e. The van der Waals surface area contributed by atoms with Crippen LogP contribution in [-0.2, 0) is 48.5 Å². The fourth-order valence-corrected chi connectivity index (χ4v) is 10.3. The third-order valence-electron chi connectivity index (χ3n) is 13.6. The summed E-state index contributed by atoms with van der Waals surface area (Å²) in [7, 11) is 4.90. The number of nitrogens with zero attached hydrogens (tertiary/aromatic N) is 2. The van der Waals surface area contributed by atoms with Gasteiger partial charge in [0.05, 0.1) is 14.1 Å². The maximum absolute atomic E-state index is 8.22. The van der Waals surface area contributed by atoms with Gasteiger partial charge in [-0.05, 0) is 64.5 Å². The highest BCUT2D eigenvalue weighted by Crippen LogP contribution is 2.53. The van der Waals surface area contributed by atoms with Gasteiger partial charge in [0.25, 0.3) is 12.5 Å². The monoisotopic (exact) mass is 799 g/mol. The molecular weight excluding hydrogens is 733 g/mol. The van der Waals surface area contributed by atoms with E-state index in [1.54, 1.807) is 0 Å². The fourth-order valence-electron chi connectivity index (χ4n) is 10.3. The van der Waals surface area contributed by atoms with Crippen LogP contribution in [0.25, 0.3) is 0 Å².